The van der Waals surface area contributed by atoms with E-state index in [2.05, 4.69) is 4.74 Å². The maximum Gasteiger partial charge on any atom is 0.330 e. The van der Waals surface area contributed by atoms with Crippen LogP contribution in [0.2, 0.25) is 0 Å². The molecule has 14 heavy (non-hydrogen) atoms. The monoisotopic (exact) mass is 200 g/mol. The maximum atomic E-state index is 10.9. The van der Waals surface area contributed by atoms with Crippen LogP contribution in [0.25, 0.3) is 0 Å². The van der Waals surface area contributed by atoms with Gasteiger partial charge in [-0.1, -0.05) is 5.57 Å². The van der Waals surface area contributed by atoms with E-state index < -0.39 is 5.97 Å². The first-order chi connectivity index (χ1) is 6.60. The first kappa shape index (κ1) is 12.7. The van der Waals surface area contributed by atoms with E-state index in [9.17, 15) is 9.59 Å². The molecule has 0 aliphatic carbocycles. The van der Waals surface area contributed by atoms with Gasteiger partial charge in [-0.05, 0) is 20.3 Å². The third-order valence-electron chi connectivity index (χ3n) is 1.59. The number of hydrogen-bond acceptors (Lipinski definition) is 4. The van der Waals surface area contributed by atoms with E-state index in [1.807, 2.05) is 0 Å². The van der Waals surface area contributed by atoms with Crippen LogP contribution >= 0.6 is 0 Å². The van der Waals surface area contributed by atoms with Gasteiger partial charge in [-0.2, -0.15) is 0 Å². The standard InChI is InChI=1S/C10H16O4/c1-4-14-9(11)6-5-8(2)7-10(12)13-3/h7H,4-6H2,1-3H3/b8-7+. The van der Waals surface area contributed by atoms with Crippen LogP contribution in [0.3, 0.4) is 0 Å². The van der Waals surface area contributed by atoms with Gasteiger partial charge in [0.25, 0.3) is 0 Å². The van der Waals surface area contributed by atoms with Crippen LogP contribution in [-0.2, 0) is 19.1 Å². The Morgan fingerprint density at radius 1 is 1.29 bits per heavy atom. The fraction of sp³-hybridized carbons (Fsp3) is 0.600. The second-order valence-corrected chi connectivity index (χ2v) is 2.82. The SMILES string of the molecule is CCOC(=O)CC/C(C)=C/C(=O)OC. The van der Waals surface area contributed by atoms with Gasteiger partial charge in [-0.3, -0.25) is 4.79 Å². The smallest absolute Gasteiger partial charge is 0.330 e. The summed E-state index contributed by atoms with van der Waals surface area (Å²) in [5, 5.41) is 0. The van der Waals surface area contributed by atoms with Gasteiger partial charge < -0.3 is 9.47 Å². The summed E-state index contributed by atoms with van der Waals surface area (Å²) < 4.78 is 9.18. The number of carbonyl (C=O) groups is 2. The number of ether oxygens (including phenoxy) is 2. The van der Waals surface area contributed by atoms with Crippen molar-refractivity contribution in [2.75, 3.05) is 13.7 Å². The summed E-state index contributed by atoms with van der Waals surface area (Å²) in [6.07, 6.45) is 2.19. The summed E-state index contributed by atoms with van der Waals surface area (Å²) in [6.45, 7) is 3.92. The third kappa shape index (κ3) is 6.22. The first-order valence-electron chi connectivity index (χ1n) is 4.50. The van der Waals surface area contributed by atoms with Crippen molar-refractivity contribution in [3.8, 4) is 0 Å². The lowest BCUT2D eigenvalue weighted by Crippen LogP contribution is -2.04. The first-order valence-corrected chi connectivity index (χ1v) is 4.50. The van der Waals surface area contributed by atoms with Crippen LogP contribution in [0, 0.1) is 0 Å². The molecule has 4 heteroatoms. The van der Waals surface area contributed by atoms with E-state index in [4.69, 9.17) is 4.74 Å². The molecule has 0 radical (unpaired) electrons. The second-order valence-electron chi connectivity index (χ2n) is 2.82. The molecule has 80 valence electrons. The fourth-order valence-corrected chi connectivity index (χ4v) is 0.865. The number of hydrogen-bond donors (Lipinski definition) is 0. The molecule has 0 aromatic rings. The molecular formula is C10H16O4. The molecule has 0 amide bonds. The molecule has 0 aliphatic rings. The van der Waals surface area contributed by atoms with Crippen molar-refractivity contribution >= 4 is 11.9 Å². The largest absolute Gasteiger partial charge is 0.466 e. The summed E-state index contributed by atoms with van der Waals surface area (Å²) in [5.74, 6) is -0.642. The Bertz CT molecular complexity index is 230. The zero-order valence-corrected chi connectivity index (χ0v) is 8.83. The van der Waals surface area contributed by atoms with Crippen molar-refractivity contribution in [2.45, 2.75) is 26.7 Å². The summed E-state index contributed by atoms with van der Waals surface area (Å²) in [4.78, 5) is 21.7. The van der Waals surface area contributed by atoms with Crippen LogP contribution in [0.1, 0.15) is 26.7 Å². The van der Waals surface area contributed by atoms with Crippen LogP contribution in [0.15, 0.2) is 11.6 Å². The van der Waals surface area contributed by atoms with Gasteiger partial charge in [-0.25, -0.2) is 4.79 Å². The lowest BCUT2D eigenvalue weighted by atomic mass is 10.1. The van der Waals surface area contributed by atoms with Gasteiger partial charge in [0.1, 0.15) is 0 Å². The molecule has 0 bridgehead atoms. The molecule has 0 saturated carbocycles. The minimum atomic E-state index is -0.397. The third-order valence-corrected chi connectivity index (χ3v) is 1.59. The van der Waals surface area contributed by atoms with E-state index in [1.54, 1.807) is 13.8 Å². The van der Waals surface area contributed by atoms with Gasteiger partial charge in [0.05, 0.1) is 13.7 Å². The van der Waals surface area contributed by atoms with Gasteiger partial charge in [0.2, 0.25) is 0 Å². The summed E-state index contributed by atoms with van der Waals surface area (Å²) in [6, 6.07) is 0. The molecule has 0 fully saturated rings. The lowest BCUT2D eigenvalue weighted by molar-refractivity contribution is -0.143. The van der Waals surface area contributed by atoms with Crippen molar-refractivity contribution in [1.82, 2.24) is 0 Å². The van der Waals surface area contributed by atoms with E-state index in [0.29, 0.717) is 19.4 Å². The molecule has 0 saturated heterocycles. The van der Waals surface area contributed by atoms with Gasteiger partial charge in [0.15, 0.2) is 0 Å². The predicted octanol–water partition coefficient (Wildman–Crippen LogP) is 1.45. The fourth-order valence-electron chi connectivity index (χ4n) is 0.865. The average Bonchev–Trinajstić information content (AvgIpc) is 2.15. The number of allylic oxidation sites excluding steroid dienone is 1. The molecule has 0 spiro atoms. The van der Waals surface area contributed by atoms with E-state index in [1.165, 1.54) is 13.2 Å². The number of esters is 2. The Labute approximate surface area is 83.9 Å². The zero-order chi connectivity index (χ0) is 11.0. The Hall–Kier alpha value is -1.32. The van der Waals surface area contributed by atoms with E-state index in [-0.39, 0.29) is 5.97 Å². The highest BCUT2D eigenvalue weighted by molar-refractivity contribution is 5.82. The molecule has 0 heterocycles. The molecule has 0 rings (SSSR count). The van der Waals surface area contributed by atoms with Gasteiger partial charge >= 0.3 is 11.9 Å². The van der Waals surface area contributed by atoms with Crippen molar-refractivity contribution in [3.63, 3.8) is 0 Å². The van der Waals surface area contributed by atoms with Crippen molar-refractivity contribution in [1.29, 1.82) is 0 Å². The Kier molecular flexibility index (Phi) is 6.45. The van der Waals surface area contributed by atoms with Crippen LogP contribution in [-0.4, -0.2) is 25.7 Å². The lowest BCUT2D eigenvalue weighted by Gasteiger charge is -2.01. The highest BCUT2D eigenvalue weighted by Crippen LogP contribution is 2.05. The minimum Gasteiger partial charge on any atom is -0.466 e. The van der Waals surface area contributed by atoms with Crippen molar-refractivity contribution in [3.05, 3.63) is 11.6 Å². The molecule has 0 aliphatic heterocycles. The summed E-state index contributed by atoms with van der Waals surface area (Å²) >= 11 is 0. The topological polar surface area (TPSA) is 52.6 Å². The highest BCUT2D eigenvalue weighted by atomic mass is 16.5. The molecule has 0 N–H and O–H groups in total. The highest BCUT2D eigenvalue weighted by Gasteiger charge is 2.03. The molecule has 0 unspecified atom stereocenters. The number of carbonyl (C=O) groups excluding carboxylic acids is 2. The van der Waals surface area contributed by atoms with Crippen LogP contribution in [0.5, 0.6) is 0 Å². The predicted molar refractivity (Wildman–Crippen MR) is 51.6 cm³/mol. The average molecular weight is 200 g/mol. The van der Waals surface area contributed by atoms with Crippen LogP contribution < -0.4 is 0 Å². The molecular weight excluding hydrogens is 184 g/mol. The normalized spacial score (nSPS) is 10.9. The zero-order valence-electron chi connectivity index (χ0n) is 8.83. The van der Waals surface area contributed by atoms with E-state index >= 15 is 0 Å². The Balaban J connectivity index is 3.83. The van der Waals surface area contributed by atoms with Gasteiger partial charge in [0, 0.05) is 12.5 Å². The molecule has 0 atom stereocenters. The number of methoxy groups -OCH3 is 1. The number of rotatable bonds is 5. The Morgan fingerprint density at radius 2 is 1.93 bits per heavy atom. The Morgan fingerprint density at radius 3 is 2.43 bits per heavy atom. The van der Waals surface area contributed by atoms with Crippen LogP contribution in [0.4, 0.5) is 0 Å². The van der Waals surface area contributed by atoms with Crippen molar-refractivity contribution < 1.29 is 19.1 Å². The summed E-state index contributed by atoms with van der Waals surface area (Å²) in [7, 11) is 1.32. The van der Waals surface area contributed by atoms with Gasteiger partial charge in [-0.15, -0.1) is 0 Å². The summed E-state index contributed by atoms with van der Waals surface area (Å²) in [5.41, 5.74) is 0.810. The molecule has 4 nitrogen and oxygen atoms in total. The minimum absolute atomic E-state index is 0.245. The molecule has 0 aromatic carbocycles. The second kappa shape index (κ2) is 7.12. The van der Waals surface area contributed by atoms with Crippen molar-refractivity contribution in [2.24, 2.45) is 0 Å². The molecule has 0 aromatic heterocycles. The van der Waals surface area contributed by atoms with E-state index in [0.717, 1.165) is 5.57 Å². The maximum absolute atomic E-state index is 10.9. The quantitative estimate of drug-likeness (QED) is 0.498.